The molecule has 2 heterocycles. The number of anilines is 1. The molecule has 2 aromatic carbocycles. The number of methoxy groups -OCH3 is 2. The van der Waals surface area contributed by atoms with E-state index in [1.807, 2.05) is 6.07 Å². The number of benzene rings is 2. The summed E-state index contributed by atoms with van der Waals surface area (Å²) in [5, 5.41) is 2.73. The number of carbonyl (C=O) groups excluding carboxylic acids is 1. The van der Waals surface area contributed by atoms with Crippen LogP contribution in [0.4, 0.5) is 23.7 Å². The smallest absolute Gasteiger partial charge is 0.497 e. The van der Waals surface area contributed by atoms with Crippen LogP contribution in [-0.4, -0.2) is 38.1 Å². The van der Waals surface area contributed by atoms with Crippen molar-refractivity contribution in [2.45, 2.75) is 18.8 Å². The maximum atomic E-state index is 13.2. The van der Waals surface area contributed by atoms with Crippen LogP contribution >= 0.6 is 0 Å². The van der Waals surface area contributed by atoms with E-state index in [1.165, 1.54) is 25.5 Å². The van der Waals surface area contributed by atoms with Crippen molar-refractivity contribution in [1.29, 1.82) is 0 Å². The molecular weight excluding hydrogens is 441 g/mol. The van der Waals surface area contributed by atoms with Crippen LogP contribution in [0.1, 0.15) is 22.9 Å². The van der Waals surface area contributed by atoms with E-state index < -0.39 is 18.4 Å². The molecule has 0 bridgehead atoms. The molecule has 3 aromatic rings. The Bertz CT molecular complexity index is 1100. The van der Waals surface area contributed by atoms with Crippen LogP contribution in [0.5, 0.6) is 17.2 Å². The van der Waals surface area contributed by atoms with Gasteiger partial charge in [-0.3, -0.25) is 0 Å². The molecule has 1 atom stereocenters. The number of alkyl halides is 3. The van der Waals surface area contributed by atoms with Crippen LogP contribution in [0.25, 0.3) is 0 Å². The summed E-state index contributed by atoms with van der Waals surface area (Å²) in [6.45, 7) is 0.371. The molecule has 1 aliphatic rings. The first kappa shape index (κ1) is 22.4. The quantitative estimate of drug-likeness (QED) is 0.552. The maximum Gasteiger partial charge on any atom is 0.573 e. The highest BCUT2D eigenvalue weighted by molar-refractivity contribution is 5.90. The number of hydrogen-bond donors (Lipinski definition) is 1. The number of rotatable bonds is 5. The summed E-state index contributed by atoms with van der Waals surface area (Å²) in [6, 6.07) is 11.1. The fourth-order valence-electron chi connectivity index (χ4n) is 3.88. The van der Waals surface area contributed by atoms with Crippen molar-refractivity contribution in [2.24, 2.45) is 0 Å². The fourth-order valence-corrected chi connectivity index (χ4v) is 3.88. The Hall–Kier alpha value is -3.82. The summed E-state index contributed by atoms with van der Waals surface area (Å²) in [5.74, 6) is 1.36. The van der Waals surface area contributed by atoms with Gasteiger partial charge in [-0.05, 0) is 54.4 Å². The number of furan rings is 1. The largest absolute Gasteiger partial charge is 0.573 e. The van der Waals surface area contributed by atoms with Crippen molar-refractivity contribution in [3.8, 4) is 17.2 Å². The van der Waals surface area contributed by atoms with E-state index in [1.54, 1.807) is 30.2 Å². The van der Waals surface area contributed by atoms with Gasteiger partial charge in [0.05, 0.1) is 20.5 Å². The highest BCUT2D eigenvalue weighted by atomic mass is 19.4. The molecule has 4 rings (SSSR count). The average molecular weight is 462 g/mol. The summed E-state index contributed by atoms with van der Waals surface area (Å²) in [4.78, 5) is 14.8. The topological polar surface area (TPSA) is 73.2 Å². The summed E-state index contributed by atoms with van der Waals surface area (Å²) < 4.78 is 57.6. The zero-order valence-corrected chi connectivity index (χ0v) is 17.8. The number of hydrogen-bond acceptors (Lipinski definition) is 5. The lowest BCUT2D eigenvalue weighted by atomic mass is 9.90. The number of amides is 2. The molecule has 0 saturated heterocycles. The molecule has 1 aliphatic heterocycles. The van der Waals surface area contributed by atoms with Crippen molar-refractivity contribution in [3.05, 3.63) is 71.7 Å². The number of nitrogens with one attached hydrogen (secondary N) is 1. The van der Waals surface area contributed by atoms with Crippen molar-refractivity contribution in [3.63, 3.8) is 0 Å². The molecule has 0 spiro atoms. The number of nitrogens with zero attached hydrogens (tertiary/aromatic N) is 1. The van der Waals surface area contributed by atoms with Crippen LogP contribution in [0.15, 0.2) is 59.2 Å². The molecule has 0 radical (unpaired) electrons. The third-order valence-electron chi connectivity index (χ3n) is 5.28. The standard InChI is InChI=1S/C23H21F3N2O5/c1-30-17-12-14-9-10-28(21(18-4-3-11-32-18)20(14)19(13-17)31-2)22(29)27-15-5-7-16(8-6-15)33-23(24,25)26/h3-8,11-13,21H,9-10H2,1-2H3,(H,27,29). The Kier molecular flexibility index (Phi) is 6.08. The first-order chi connectivity index (χ1) is 15.8. The molecule has 7 nitrogen and oxygen atoms in total. The van der Waals surface area contributed by atoms with E-state index in [0.29, 0.717) is 35.9 Å². The Labute approximate surface area is 187 Å². The van der Waals surface area contributed by atoms with Gasteiger partial charge in [0.1, 0.15) is 29.1 Å². The summed E-state index contributed by atoms with van der Waals surface area (Å²) >= 11 is 0. The molecule has 33 heavy (non-hydrogen) atoms. The average Bonchev–Trinajstić information content (AvgIpc) is 3.32. The summed E-state index contributed by atoms with van der Waals surface area (Å²) in [6.07, 6.45) is -2.72. The van der Waals surface area contributed by atoms with Gasteiger partial charge in [0, 0.05) is 23.9 Å². The molecule has 1 aromatic heterocycles. The van der Waals surface area contributed by atoms with Gasteiger partial charge in [-0.25, -0.2) is 4.79 Å². The van der Waals surface area contributed by atoms with Gasteiger partial charge in [-0.1, -0.05) is 0 Å². The van der Waals surface area contributed by atoms with Gasteiger partial charge < -0.3 is 28.8 Å². The minimum Gasteiger partial charge on any atom is -0.497 e. The highest BCUT2D eigenvalue weighted by Gasteiger charge is 2.37. The van der Waals surface area contributed by atoms with Crippen LogP contribution in [0.3, 0.4) is 0 Å². The highest BCUT2D eigenvalue weighted by Crippen LogP contribution is 2.43. The van der Waals surface area contributed by atoms with Crippen molar-refractivity contribution in [1.82, 2.24) is 4.90 Å². The molecule has 1 N–H and O–H groups in total. The second-order valence-corrected chi connectivity index (χ2v) is 7.27. The molecule has 0 aliphatic carbocycles. The summed E-state index contributed by atoms with van der Waals surface area (Å²) in [7, 11) is 3.11. The van der Waals surface area contributed by atoms with E-state index in [-0.39, 0.29) is 5.75 Å². The van der Waals surface area contributed by atoms with E-state index in [9.17, 15) is 18.0 Å². The van der Waals surface area contributed by atoms with E-state index in [2.05, 4.69) is 10.1 Å². The minimum absolute atomic E-state index is 0.320. The van der Waals surface area contributed by atoms with Gasteiger partial charge in [0.25, 0.3) is 0 Å². The zero-order valence-electron chi connectivity index (χ0n) is 17.8. The third kappa shape index (κ3) is 4.84. The lowest BCUT2D eigenvalue weighted by molar-refractivity contribution is -0.274. The van der Waals surface area contributed by atoms with Crippen LogP contribution in [-0.2, 0) is 6.42 Å². The van der Waals surface area contributed by atoms with E-state index in [4.69, 9.17) is 13.9 Å². The van der Waals surface area contributed by atoms with Gasteiger partial charge in [0.2, 0.25) is 0 Å². The van der Waals surface area contributed by atoms with Gasteiger partial charge >= 0.3 is 12.4 Å². The summed E-state index contributed by atoms with van der Waals surface area (Å²) in [5.41, 5.74) is 2.06. The SMILES string of the molecule is COc1cc2c(c(OC)c1)C(c1ccco1)N(C(=O)Nc1ccc(OC(F)(F)F)cc1)CC2. The predicted molar refractivity (Wildman–Crippen MR) is 113 cm³/mol. The Morgan fingerprint density at radius 3 is 2.45 bits per heavy atom. The normalized spacial score (nSPS) is 15.5. The lowest BCUT2D eigenvalue weighted by Crippen LogP contribution is -2.43. The first-order valence-corrected chi connectivity index (χ1v) is 10.0. The predicted octanol–water partition coefficient (Wildman–Crippen LogP) is 5.38. The molecular formula is C23H21F3N2O5. The molecule has 2 amide bonds. The number of fused-ring (bicyclic) bond motifs is 1. The van der Waals surface area contributed by atoms with Crippen molar-refractivity contribution >= 4 is 11.7 Å². The van der Waals surface area contributed by atoms with Crippen LogP contribution in [0.2, 0.25) is 0 Å². The number of halogens is 3. The molecule has 10 heteroatoms. The van der Waals surface area contributed by atoms with Crippen molar-refractivity contribution < 1.29 is 36.6 Å². The van der Waals surface area contributed by atoms with Crippen molar-refractivity contribution in [2.75, 3.05) is 26.1 Å². The second kappa shape index (κ2) is 8.97. The van der Waals surface area contributed by atoms with E-state index in [0.717, 1.165) is 23.3 Å². The van der Waals surface area contributed by atoms with Gasteiger partial charge in [-0.2, -0.15) is 0 Å². The van der Waals surface area contributed by atoms with Crippen LogP contribution in [0, 0.1) is 0 Å². The number of urea groups is 1. The lowest BCUT2D eigenvalue weighted by Gasteiger charge is -2.37. The van der Waals surface area contributed by atoms with E-state index >= 15 is 0 Å². The van der Waals surface area contributed by atoms with Gasteiger partial charge in [-0.15, -0.1) is 13.2 Å². The Morgan fingerprint density at radius 2 is 1.85 bits per heavy atom. The fraction of sp³-hybridized carbons (Fsp3) is 0.261. The maximum absolute atomic E-state index is 13.2. The zero-order chi connectivity index (χ0) is 23.6. The number of carbonyl (C=O) groups is 1. The molecule has 1 unspecified atom stereocenters. The Morgan fingerprint density at radius 1 is 1.09 bits per heavy atom. The monoisotopic (exact) mass is 462 g/mol. The molecule has 0 fully saturated rings. The van der Waals surface area contributed by atoms with Crippen LogP contribution < -0.4 is 19.5 Å². The Balaban J connectivity index is 1.63. The van der Waals surface area contributed by atoms with Gasteiger partial charge in [0.15, 0.2) is 0 Å². The minimum atomic E-state index is -4.79. The molecule has 0 saturated carbocycles. The first-order valence-electron chi connectivity index (χ1n) is 10.0. The third-order valence-corrected chi connectivity index (χ3v) is 5.28. The molecule has 174 valence electrons. The second-order valence-electron chi connectivity index (χ2n) is 7.27. The number of ether oxygens (including phenoxy) is 3.